The first-order valence-corrected chi connectivity index (χ1v) is 6.11. The Morgan fingerprint density at radius 3 is 2.37 bits per heavy atom. The predicted octanol–water partition coefficient (Wildman–Crippen LogP) is 3.76. The quantitative estimate of drug-likeness (QED) is 0.901. The largest absolute Gasteiger partial charge is 0.367 e. The van der Waals surface area contributed by atoms with Crippen LogP contribution >= 0.6 is 0 Å². The van der Waals surface area contributed by atoms with Gasteiger partial charge in [-0.3, -0.25) is 0 Å². The third kappa shape index (κ3) is 3.32. The number of nitriles is 1. The van der Waals surface area contributed by atoms with E-state index in [-0.39, 0.29) is 5.82 Å². The molecule has 1 N–H and O–H groups in total. The molecular formula is C16H15FN2. The van der Waals surface area contributed by atoms with Crippen LogP contribution in [0, 0.1) is 17.1 Å². The zero-order valence-corrected chi connectivity index (χ0v) is 10.7. The van der Waals surface area contributed by atoms with E-state index in [0.29, 0.717) is 12.0 Å². The molecule has 19 heavy (non-hydrogen) atoms. The molecule has 2 rings (SSSR count). The van der Waals surface area contributed by atoms with Crippen LogP contribution in [0.25, 0.3) is 0 Å². The van der Waals surface area contributed by atoms with Crippen molar-refractivity contribution >= 4 is 5.69 Å². The maximum absolute atomic E-state index is 13.7. The Morgan fingerprint density at radius 1 is 1.11 bits per heavy atom. The lowest BCUT2D eigenvalue weighted by Crippen LogP contribution is -2.35. The van der Waals surface area contributed by atoms with Gasteiger partial charge in [0.25, 0.3) is 0 Å². The number of nitrogens with one attached hydrogen (secondary N) is 1. The molecule has 0 aliphatic rings. The van der Waals surface area contributed by atoms with Gasteiger partial charge in [-0.2, -0.15) is 5.26 Å². The fourth-order valence-electron chi connectivity index (χ4n) is 1.97. The summed E-state index contributed by atoms with van der Waals surface area (Å²) in [6.45, 7) is 1.77. The Hall–Kier alpha value is -2.34. The monoisotopic (exact) mass is 254 g/mol. The lowest BCUT2D eigenvalue weighted by atomic mass is 9.93. The summed E-state index contributed by atoms with van der Waals surface area (Å²) in [5.41, 5.74) is 0.543. The minimum atomic E-state index is -0.844. The molecule has 0 aliphatic heterocycles. The number of hydrogen-bond donors (Lipinski definition) is 1. The van der Waals surface area contributed by atoms with E-state index in [1.165, 1.54) is 6.07 Å². The van der Waals surface area contributed by atoms with Crippen molar-refractivity contribution in [1.82, 2.24) is 0 Å². The van der Waals surface area contributed by atoms with E-state index in [2.05, 4.69) is 11.4 Å². The van der Waals surface area contributed by atoms with Gasteiger partial charge in [0, 0.05) is 12.1 Å². The van der Waals surface area contributed by atoms with Crippen molar-refractivity contribution in [2.45, 2.75) is 18.9 Å². The smallest absolute Gasteiger partial charge is 0.126 e. The first-order valence-electron chi connectivity index (χ1n) is 6.11. The number of benzene rings is 2. The average molecular weight is 254 g/mol. The van der Waals surface area contributed by atoms with Crippen molar-refractivity contribution in [3.8, 4) is 6.07 Å². The molecule has 2 aromatic rings. The molecule has 0 saturated carbocycles. The fraction of sp³-hybridized carbons (Fsp3) is 0.188. The number of nitrogens with zero attached hydrogens (tertiary/aromatic N) is 1. The molecule has 0 spiro atoms. The average Bonchev–Trinajstić information content (AvgIpc) is 2.42. The van der Waals surface area contributed by atoms with Crippen LogP contribution < -0.4 is 5.32 Å². The Morgan fingerprint density at radius 2 is 1.74 bits per heavy atom. The third-order valence-corrected chi connectivity index (χ3v) is 2.94. The second-order valence-corrected chi connectivity index (χ2v) is 4.70. The van der Waals surface area contributed by atoms with Gasteiger partial charge < -0.3 is 5.32 Å². The summed E-state index contributed by atoms with van der Waals surface area (Å²) in [4.78, 5) is 0. The maximum atomic E-state index is 13.7. The standard InChI is InChI=1S/C16H15FN2/c1-16(12-18,19-14-8-3-2-4-9-14)11-13-7-5-6-10-15(13)17/h2-10,19H,11H2,1H3. The summed E-state index contributed by atoms with van der Waals surface area (Å²) >= 11 is 0. The molecule has 0 saturated heterocycles. The van der Waals surface area contributed by atoms with Crippen LogP contribution in [0.1, 0.15) is 12.5 Å². The van der Waals surface area contributed by atoms with E-state index in [0.717, 1.165) is 5.69 Å². The number of rotatable bonds is 4. The lowest BCUT2D eigenvalue weighted by Gasteiger charge is -2.24. The molecule has 2 nitrogen and oxygen atoms in total. The maximum Gasteiger partial charge on any atom is 0.126 e. The van der Waals surface area contributed by atoms with Gasteiger partial charge in [-0.25, -0.2) is 4.39 Å². The van der Waals surface area contributed by atoms with Crippen molar-refractivity contribution in [1.29, 1.82) is 5.26 Å². The summed E-state index contributed by atoms with van der Waals surface area (Å²) in [5.74, 6) is -0.279. The highest BCUT2D eigenvalue weighted by atomic mass is 19.1. The molecule has 3 heteroatoms. The summed E-state index contributed by atoms with van der Waals surface area (Å²) in [6.07, 6.45) is 0.311. The van der Waals surface area contributed by atoms with E-state index in [4.69, 9.17) is 0 Å². The van der Waals surface area contributed by atoms with E-state index >= 15 is 0 Å². The fourth-order valence-corrected chi connectivity index (χ4v) is 1.97. The lowest BCUT2D eigenvalue weighted by molar-refractivity contribution is 0.575. The zero-order chi connectivity index (χ0) is 13.7. The Bertz CT molecular complexity index is 589. The minimum Gasteiger partial charge on any atom is -0.367 e. The molecule has 0 aliphatic carbocycles. The van der Waals surface area contributed by atoms with Crippen LogP contribution in [0.5, 0.6) is 0 Å². The normalized spacial score (nSPS) is 13.3. The van der Waals surface area contributed by atoms with Gasteiger partial charge in [-0.05, 0) is 30.7 Å². The van der Waals surface area contributed by atoms with Crippen LogP contribution in [0.3, 0.4) is 0 Å². The highest BCUT2D eigenvalue weighted by molar-refractivity contribution is 5.47. The molecule has 0 amide bonds. The molecule has 0 aromatic heterocycles. The van der Waals surface area contributed by atoms with Gasteiger partial charge >= 0.3 is 0 Å². The number of para-hydroxylation sites is 1. The molecule has 0 heterocycles. The van der Waals surface area contributed by atoms with Crippen molar-refractivity contribution in [3.63, 3.8) is 0 Å². The van der Waals surface area contributed by atoms with Crippen molar-refractivity contribution in [2.75, 3.05) is 5.32 Å². The highest BCUT2D eigenvalue weighted by Gasteiger charge is 2.25. The second kappa shape index (κ2) is 5.53. The first kappa shape index (κ1) is 13.1. The van der Waals surface area contributed by atoms with Gasteiger partial charge in [-0.15, -0.1) is 0 Å². The van der Waals surface area contributed by atoms with Crippen molar-refractivity contribution < 1.29 is 4.39 Å². The SMILES string of the molecule is CC(C#N)(Cc1ccccc1F)Nc1ccccc1. The molecule has 96 valence electrons. The molecule has 0 radical (unpaired) electrons. The third-order valence-electron chi connectivity index (χ3n) is 2.94. The molecule has 0 bridgehead atoms. The topological polar surface area (TPSA) is 35.8 Å². The number of halogens is 1. The van der Waals surface area contributed by atoms with E-state index in [9.17, 15) is 9.65 Å². The first-order chi connectivity index (χ1) is 9.13. The van der Waals surface area contributed by atoms with Gasteiger partial charge in [0.05, 0.1) is 6.07 Å². The second-order valence-electron chi connectivity index (χ2n) is 4.70. The van der Waals surface area contributed by atoms with Crippen molar-refractivity contribution in [3.05, 3.63) is 66.0 Å². The van der Waals surface area contributed by atoms with Crippen LogP contribution in [-0.2, 0) is 6.42 Å². The van der Waals surface area contributed by atoms with Crippen LogP contribution in [0.4, 0.5) is 10.1 Å². The van der Waals surface area contributed by atoms with E-state index < -0.39 is 5.54 Å². The number of anilines is 1. The predicted molar refractivity (Wildman–Crippen MR) is 74.2 cm³/mol. The molecule has 0 fully saturated rings. The summed E-state index contributed by atoms with van der Waals surface area (Å²) in [5, 5.41) is 12.5. The Labute approximate surface area is 112 Å². The minimum absolute atomic E-state index is 0.279. The van der Waals surface area contributed by atoms with Crippen LogP contribution in [0.2, 0.25) is 0 Å². The van der Waals surface area contributed by atoms with E-state index in [1.54, 1.807) is 25.1 Å². The Kier molecular flexibility index (Phi) is 3.82. The summed E-state index contributed by atoms with van der Waals surface area (Å²) in [6, 6.07) is 18.2. The Balaban J connectivity index is 2.20. The molecule has 1 atom stereocenters. The molecular weight excluding hydrogens is 239 g/mol. The van der Waals surface area contributed by atoms with E-state index in [1.807, 2.05) is 30.3 Å². The van der Waals surface area contributed by atoms with Crippen LogP contribution in [0.15, 0.2) is 54.6 Å². The van der Waals surface area contributed by atoms with Gasteiger partial charge in [0.1, 0.15) is 11.4 Å². The summed E-state index contributed by atoms with van der Waals surface area (Å²) < 4.78 is 13.7. The number of hydrogen-bond acceptors (Lipinski definition) is 2. The molecule has 2 aromatic carbocycles. The zero-order valence-electron chi connectivity index (χ0n) is 10.7. The van der Waals surface area contributed by atoms with Crippen LogP contribution in [-0.4, -0.2) is 5.54 Å². The van der Waals surface area contributed by atoms with Gasteiger partial charge in [0.2, 0.25) is 0 Å². The van der Waals surface area contributed by atoms with Crippen molar-refractivity contribution in [2.24, 2.45) is 0 Å². The highest BCUT2D eigenvalue weighted by Crippen LogP contribution is 2.20. The van der Waals surface area contributed by atoms with Gasteiger partial charge in [-0.1, -0.05) is 36.4 Å². The molecule has 1 unspecified atom stereocenters. The summed E-state index contributed by atoms with van der Waals surface area (Å²) in [7, 11) is 0. The van der Waals surface area contributed by atoms with Gasteiger partial charge in [0.15, 0.2) is 0 Å².